The van der Waals surface area contributed by atoms with Gasteiger partial charge in [-0.15, -0.1) is 0 Å². The van der Waals surface area contributed by atoms with Gasteiger partial charge in [0.1, 0.15) is 12.4 Å². The molecule has 0 aliphatic carbocycles. The van der Waals surface area contributed by atoms with Crippen molar-refractivity contribution >= 4 is 63.0 Å². The Kier molecular flexibility index (Phi) is 7.26. The molecule has 0 heterocycles. The number of nitrogen functional groups attached to an aromatic ring is 1. The van der Waals surface area contributed by atoms with E-state index in [1.807, 2.05) is 42.5 Å². The van der Waals surface area contributed by atoms with Crippen LogP contribution in [0, 0.1) is 7.14 Å². The highest BCUT2D eigenvalue weighted by Gasteiger charge is 2.10. The first-order valence-corrected chi connectivity index (χ1v) is 10.5. The number of nitrogens with two attached hydrogens (primary N) is 1. The first-order valence-electron chi connectivity index (χ1n) is 8.38. The summed E-state index contributed by atoms with van der Waals surface area (Å²) in [4.78, 5) is 12.1. The number of ether oxygens (including phenoxy) is 1. The highest BCUT2D eigenvalue weighted by atomic mass is 127. The Bertz CT molecular complexity index is 985. The van der Waals surface area contributed by atoms with E-state index in [4.69, 9.17) is 10.5 Å². The highest BCUT2D eigenvalue weighted by Crippen LogP contribution is 2.29. The second-order valence-corrected chi connectivity index (χ2v) is 8.20. The summed E-state index contributed by atoms with van der Waals surface area (Å²) < 4.78 is 7.92. The molecule has 0 aliphatic heterocycles. The van der Waals surface area contributed by atoms with Gasteiger partial charge in [-0.1, -0.05) is 42.5 Å². The fourth-order valence-corrected chi connectivity index (χ4v) is 4.58. The molecule has 3 N–H and O–H groups in total. The van der Waals surface area contributed by atoms with Crippen molar-refractivity contribution in [2.45, 2.75) is 6.61 Å². The second-order valence-electron chi connectivity index (χ2n) is 5.87. The molecule has 1 amide bonds. The van der Waals surface area contributed by atoms with Gasteiger partial charge in [-0.2, -0.15) is 5.10 Å². The number of carbonyl (C=O) groups is 1. The van der Waals surface area contributed by atoms with Gasteiger partial charge in [0, 0.05) is 5.69 Å². The fourth-order valence-electron chi connectivity index (χ4n) is 2.45. The predicted octanol–water partition coefficient (Wildman–Crippen LogP) is 4.82. The quantitative estimate of drug-likeness (QED) is 0.185. The van der Waals surface area contributed by atoms with E-state index in [9.17, 15) is 4.79 Å². The van der Waals surface area contributed by atoms with Crippen molar-refractivity contribution in [3.63, 3.8) is 0 Å². The highest BCUT2D eigenvalue weighted by molar-refractivity contribution is 14.1. The van der Waals surface area contributed by atoms with Crippen molar-refractivity contribution in [3.8, 4) is 5.75 Å². The van der Waals surface area contributed by atoms with Crippen molar-refractivity contribution in [1.82, 2.24) is 5.43 Å². The monoisotopic (exact) mass is 597 g/mol. The predicted molar refractivity (Wildman–Crippen MR) is 129 cm³/mol. The SMILES string of the molecule is Nc1ccccc1C(=O)N/N=C\c1cc(I)c(OCc2ccccc2)c(I)c1. The van der Waals surface area contributed by atoms with Crippen LogP contribution in [0.25, 0.3) is 0 Å². The zero-order valence-electron chi connectivity index (χ0n) is 14.7. The summed E-state index contributed by atoms with van der Waals surface area (Å²) in [6.07, 6.45) is 1.60. The number of nitrogens with one attached hydrogen (secondary N) is 1. The Hall–Kier alpha value is -2.14. The van der Waals surface area contributed by atoms with Crippen molar-refractivity contribution in [1.29, 1.82) is 0 Å². The van der Waals surface area contributed by atoms with E-state index >= 15 is 0 Å². The summed E-state index contributed by atoms with van der Waals surface area (Å²) in [6, 6.07) is 20.8. The molecule has 3 aromatic rings. The van der Waals surface area contributed by atoms with Crippen LogP contribution in [0.15, 0.2) is 71.8 Å². The molecule has 7 heteroatoms. The zero-order chi connectivity index (χ0) is 19.9. The molecule has 3 aromatic carbocycles. The van der Waals surface area contributed by atoms with E-state index in [1.54, 1.807) is 30.5 Å². The molecule has 142 valence electrons. The Morgan fingerprint density at radius 3 is 2.36 bits per heavy atom. The maximum absolute atomic E-state index is 12.1. The number of hydrogen-bond donors (Lipinski definition) is 2. The summed E-state index contributed by atoms with van der Waals surface area (Å²) in [5.41, 5.74) is 11.1. The molecule has 3 rings (SSSR count). The van der Waals surface area contributed by atoms with Gasteiger partial charge in [-0.05, 0) is 80.6 Å². The average molecular weight is 597 g/mol. The summed E-state index contributed by atoms with van der Waals surface area (Å²) >= 11 is 4.48. The standard InChI is InChI=1S/C21H17I2N3O2/c22-17-10-15(12-25-26-21(27)16-8-4-5-9-19(16)24)11-18(23)20(17)28-13-14-6-2-1-3-7-14/h1-12H,13,24H2,(H,26,27)/b25-12-. The molecule has 28 heavy (non-hydrogen) atoms. The van der Waals surface area contributed by atoms with Gasteiger partial charge in [-0.3, -0.25) is 4.79 Å². The lowest BCUT2D eigenvalue weighted by atomic mass is 10.2. The minimum absolute atomic E-state index is 0.346. The van der Waals surface area contributed by atoms with E-state index in [0.29, 0.717) is 17.9 Å². The van der Waals surface area contributed by atoms with E-state index in [0.717, 1.165) is 24.0 Å². The lowest BCUT2D eigenvalue weighted by Gasteiger charge is -2.11. The number of amides is 1. The number of hydrogen-bond acceptors (Lipinski definition) is 4. The molecule has 0 saturated carbocycles. The number of carbonyl (C=O) groups excluding carboxylic acids is 1. The average Bonchev–Trinajstić information content (AvgIpc) is 2.68. The summed E-state index contributed by atoms with van der Waals surface area (Å²) in [7, 11) is 0. The van der Waals surface area contributed by atoms with Crippen LogP contribution in [-0.4, -0.2) is 12.1 Å². The Labute approximate surface area is 190 Å². The first-order chi connectivity index (χ1) is 13.5. The third-order valence-electron chi connectivity index (χ3n) is 3.83. The van der Waals surface area contributed by atoms with Crippen molar-refractivity contribution in [3.05, 3.63) is 90.6 Å². The molecule has 0 aromatic heterocycles. The summed E-state index contributed by atoms with van der Waals surface area (Å²) in [5.74, 6) is 0.491. The molecule has 0 aliphatic rings. The molecule has 0 saturated heterocycles. The van der Waals surface area contributed by atoms with E-state index in [-0.39, 0.29) is 5.91 Å². The van der Waals surface area contributed by atoms with Crippen LogP contribution >= 0.6 is 45.2 Å². The number of nitrogens with zero attached hydrogens (tertiary/aromatic N) is 1. The zero-order valence-corrected chi connectivity index (χ0v) is 19.0. The van der Waals surface area contributed by atoms with Crippen LogP contribution in [0.4, 0.5) is 5.69 Å². The number of benzene rings is 3. The maximum Gasteiger partial charge on any atom is 0.273 e. The Morgan fingerprint density at radius 2 is 1.68 bits per heavy atom. The second kappa shape index (κ2) is 9.87. The molecular formula is C21H17I2N3O2. The third-order valence-corrected chi connectivity index (χ3v) is 5.43. The minimum Gasteiger partial charge on any atom is -0.487 e. The van der Waals surface area contributed by atoms with Crippen LogP contribution < -0.4 is 15.9 Å². The van der Waals surface area contributed by atoms with Gasteiger partial charge in [0.15, 0.2) is 0 Å². The van der Waals surface area contributed by atoms with Gasteiger partial charge in [-0.25, -0.2) is 5.43 Å². The molecule has 0 unspecified atom stereocenters. The van der Waals surface area contributed by atoms with Crippen LogP contribution in [0.5, 0.6) is 5.75 Å². The molecule has 5 nitrogen and oxygen atoms in total. The van der Waals surface area contributed by atoms with Gasteiger partial charge < -0.3 is 10.5 Å². The van der Waals surface area contributed by atoms with E-state index in [1.165, 1.54) is 0 Å². The largest absolute Gasteiger partial charge is 0.487 e. The lowest BCUT2D eigenvalue weighted by Crippen LogP contribution is -2.19. The Balaban J connectivity index is 1.66. The maximum atomic E-state index is 12.1. The number of rotatable bonds is 6. The molecule has 0 radical (unpaired) electrons. The van der Waals surface area contributed by atoms with Crippen LogP contribution in [0.3, 0.4) is 0 Å². The van der Waals surface area contributed by atoms with Crippen molar-refractivity contribution in [2.24, 2.45) is 5.10 Å². The number of hydrazone groups is 1. The van der Waals surface area contributed by atoms with Gasteiger partial charge in [0.2, 0.25) is 0 Å². The van der Waals surface area contributed by atoms with Crippen molar-refractivity contribution in [2.75, 3.05) is 5.73 Å². The van der Waals surface area contributed by atoms with Crippen LogP contribution in [-0.2, 0) is 6.61 Å². The van der Waals surface area contributed by atoms with Gasteiger partial charge >= 0.3 is 0 Å². The summed E-state index contributed by atoms with van der Waals surface area (Å²) in [5, 5.41) is 4.04. The summed E-state index contributed by atoms with van der Waals surface area (Å²) in [6.45, 7) is 0.509. The number of anilines is 1. The van der Waals surface area contributed by atoms with Crippen molar-refractivity contribution < 1.29 is 9.53 Å². The van der Waals surface area contributed by atoms with Crippen LogP contribution in [0.1, 0.15) is 21.5 Å². The van der Waals surface area contributed by atoms with E-state index in [2.05, 4.69) is 55.7 Å². The third kappa shape index (κ3) is 5.44. The fraction of sp³-hybridized carbons (Fsp3) is 0.0476. The topological polar surface area (TPSA) is 76.7 Å². The molecule has 0 bridgehead atoms. The van der Waals surface area contributed by atoms with Crippen LogP contribution in [0.2, 0.25) is 0 Å². The number of para-hydroxylation sites is 1. The normalized spacial score (nSPS) is 10.8. The van der Waals surface area contributed by atoms with Gasteiger partial charge in [0.05, 0.1) is 18.9 Å². The van der Waals surface area contributed by atoms with E-state index < -0.39 is 0 Å². The molecular weight excluding hydrogens is 580 g/mol. The molecule has 0 atom stereocenters. The smallest absolute Gasteiger partial charge is 0.273 e. The molecule has 0 fully saturated rings. The number of halogens is 2. The minimum atomic E-state index is -0.346. The Morgan fingerprint density at radius 1 is 1.04 bits per heavy atom. The first kappa shape index (κ1) is 20.6. The van der Waals surface area contributed by atoms with Gasteiger partial charge in [0.25, 0.3) is 5.91 Å². The molecule has 0 spiro atoms. The lowest BCUT2D eigenvalue weighted by molar-refractivity contribution is 0.0956.